The molecule has 1 rings (SSSR count). The van der Waals surface area contributed by atoms with E-state index in [-0.39, 0.29) is 11.8 Å². The molecule has 0 spiro atoms. The first kappa shape index (κ1) is 13.5. The van der Waals surface area contributed by atoms with Gasteiger partial charge >= 0.3 is 6.03 Å². The van der Waals surface area contributed by atoms with Crippen LogP contribution >= 0.6 is 0 Å². The average Bonchev–Trinajstić information content (AvgIpc) is 2.26. The second-order valence-electron chi connectivity index (χ2n) is 4.49. The molecule has 0 saturated carbocycles. The zero-order valence-electron chi connectivity index (χ0n) is 10.5. The van der Waals surface area contributed by atoms with Crippen molar-refractivity contribution in [3.05, 3.63) is 35.6 Å². The zero-order chi connectivity index (χ0) is 12.9. The first-order valence-electron chi connectivity index (χ1n) is 5.78. The molecule has 4 heteroatoms. The summed E-state index contributed by atoms with van der Waals surface area (Å²) >= 11 is 0. The largest absolute Gasteiger partial charge is 0.338 e. The van der Waals surface area contributed by atoms with Gasteiger partial charge in [-0.15, -0.1) is 0 Å². The van der Waals surface area contributed by atoms with Crippen molar-refractivity contribution in [2.75, 3.05) is 6.54 Å². The second-order valence-corrected chi connectivity index (χ2v) is 4.49. The Hall–Kier alpha value is -1.58. The number of carbonyl (C=O) groups excluding carboxylic acids is 1. The van der Waals surface area contributed by atoms with Crippen LogP contribution < -0.4 is 10.6 Å². The van der Waals surface area contributed by atoms with Gasteiger partial charge in [0, 0.05) is 12.1 Å². The van der Waals surface area contributed by atoms with E-state index in [0.717, 1.165) is 6.42 Å². The standard InChI is InChI=1S/C13H19FN2O/c1-4-9-15-12(17)16-13(2,3)10-7-5-6-8-11(10)14/h5-8H,4,9H2,1-3H3,(H2,15,16,17). The average molecular weight is 238 g/mol. The highest BCUT2D eigenvalue weighted by molar-refractivity contribution is 5.74. The smallest absolute Gasteiger partial charge is 0.315 e. The quantitative estimate of drug-likeness (QED) is 0.832. The Balaban J connectivity index is 2.75. The molecule has 1 aromatic carbocycles. The molecule has 0 aliphatic rings. The second kappa shape index (κ2) is 5.66. The van der Waals surface area contributed by atoms with Crippen molar-refractivity contribution in [3.63, 3.8) is 0 Å². The summed E-state index contributed by atoms with van der Waals surface area (Å²) in [5.41, 5.74) is -0.255. The minimum atomic E-state index is -0.733. The van der Waals surface area contributed by atoms with Crippen molar-refractivity contribution in [1.82, 2.24) is 10.6 Å². The Bertz CT molecular complexity index is 391. The van der Waals surface area contributed by atoms with Gasteiger partial charge in [0.15, 0.2) is 0 Å². The van der Waals surface area contributed by atoms with Crippen LogP contribution in [0.15, 0.2) is 24.3 Å². The summed E-state index contributed by atoms with van der Waals surface area (Å²) in [5, 5.41) is 5.46. The summed E-state index contributed by atoms with van der Waals surface area (Å²) in [6.07, 6.45) is 0.869. The lowest BCUT2D eigenvalue weighted by atomic mass is 9.94. The van der Waals surface area contributed by atoms with E-state index >= 15 is 0 Å². The van der Waals surface area contributed by atoms with Gasteiger partial charge in [-0.3, -0.25) is 0 Å². The van der Waals surface area contributed by atoms with E-state index in [4.69, 9.17) is 0 Å². The van der Waals surface area contributed by atoms with Crippen LogP contribution in [0.1, 0.15) is 32.8 Å². The van der Waals surface area contributed by atoms with Gasteiger partial charge in [-0.2, -0.15) is 0 Å². The SMILES string of the molecule is CCCNC(=O)NC(C)(C)c1ccccc1F. The Labute approximate surface area is 101 Å². The van der Waals surface area contributed by atoms with E-state index in [1.54, 1.807) is 32.0 Å². The minimum absolute atomic E-state index is 0.278. The van der Waals surface area contributed by atoms with E-state index in [1.165, 1.54) is 6.07 Å². The summed E-state index contributed by atoms with van der Waals surface area (Å²) in [6, 6.07) is 6.18. The number of nitrogens with one attached hydrogen (secondary N) is 2. The maximum absolute atomic E-state index is 13.6. The predicted octanol–water partition coefficient (Wildman–Crippen LogP) is 2.77. The number of amides is 2. The lowest BCUT2D eigenvalue weighted by Gasteiger charge is -2.27. The van der Waals surface area contributed by atoms with Crippen LogP contribution in [0.3, 0.4) is 0 Å². The molecule has 0 aliphatic carbocycles. The highest BCUT2D eigenvalue weighted by Gasteiger charge is 2.25. The molecule has 17 heavy (non-hydrogen) atoms. The molecule has 0 saturated heterocycles. The number of halogens is 1. The van der Waals surface area contributed by atoms with Crippen molar-refractivity contribution in [1.29, 1.82) is 0 Å². The highest BCUT2D eigenvalue weighted by atomic mass is 19.1. The fourth-order valence-corrected chi connectivity index (χ4v) is 1.60. The number of hydrogen-bond acceptors (Lipinski definition) is 1. The Morgan fingerprint density at radius 2 is 2.00 bits per heavy atom. The third-order valence-corrected chi connectivity index (χ3v) is 2.51. The molecule has 0 unspecified atom stereocenters. The Morgan fingerprint density at radius 3 is 2.59 bits per heavy atom. The number of carbonyl (C=O) groups is 1. The van der Waals surface area contributed by atoms with Crippen LogP contribution in [-0.4, -0.2) is 12.6 Å². The van der Waals surface area contributed by atoms with E-state index in [2.05, 4.69) is 10.6 Å². The monoisotopic (exact) mass is 238 g/mol. The van der Waals surface area contributed by atoms with Gasteiger partial charge in [-0.1, -0.05) is 25.1 Å². The molecule has 0 aliphatic heterocycles. The molecule has 2 amide bonds. The van der Waals surface area contributed by atoms with Crippen LogP contribution in [0.5, 0.6) is 0 Å². The first-order chi connectivity index (χ1) is 7.97. The third kappa shape index (κ3) is 3.73. The Morgan fingerprint density at radius 1 is 1.35 bits per heavy atom. The van der Waals surface area contributed by atoms with Gasteiger partial charge < -0.3 is 10.6 Å². The van der Waals surface area contributed by atoms with E-state index < -0.39 is 5.54 Å². The van der Waals surface area contributed by atoms with Gasteiger partial charge in [0.05, 0.1) is 5.54 Å². The fraction of sp³-hybridized carbons (Fsp3) is 0.462. The molecule has 0 aromatic heterocycles. The summed E-state index contributed by atoms with van der Waals surface area (Å²) in [4.78, 5) is 11.6. The molecule has 0 atom stereocenters. The first-order valence-corrected chi connectivity index (χ1v) is 5.78. The molecule has 94 valence electrons. The zero-order valence-corrected chi connectivity index (χ0v) is 10.5. The molecule has 0 bridgehead atoms. The summed E-state index contributed by atoms with van der Waals surface area (Å²) in [6.45, 7) is 6.13. The molecule has 0 heterocycles. The van der Waals surface area contributed by atoms with Gasteiger partial charge in [0.25, 0.3) is 0 Å². The molecule has 0 fully saturated rings. The maximum Gasteiger partial charge on any atom is 0.315 e. The van der Waals surface area contributed by atoms with Crippen molar-refractivity contribution < 1.29 is 9.18 Å². The van der Waals surface area contributed by atoms with Gasteiger partial charge in [0.1, 0.15) is 5.82 Å². The van der Waals surface area contributed by atoms with E-state index in [0.29, 0.717) is 12.1 Å². The summed E-state index contributed by atoms with van der Waals surface area (Å²) < 4.78 is 13.6. The van der Waals surface area contributed by atoms with Crippen molar-refractivity contribution >= 4 is 6.03 Å². The van der Waals surface area contributed by atoms with Crippen LogP contribution in [0.25, 0.3) is 0 Å². The highest BCUT2D eigenvalue weighted by Crippen LogP contribution is 2.22. The fourth-order valence-electron chi connectivity index (χ4n) is 1.60. The van der Waals surface area contributed by atoms with E-state index in [9.17, 15) is 9.18 Å². The molecule has 1 aromatic rings. The number of urea groups is 1. The van der Waals surface area contributed by atoms with Gasteiger partial charge in [-0.05, 0) is 26.3 Å². The topological polar surface area (TPSA) is 41.1 Å². The molecular formula is C13H19FN2O. The molecule has 3 nitrogen and oxygen atoms in total. The van der Waals surface area contributed by atoms with Crippen LogP contribution in [-0.2, 0) is 5.54 Å². The van der Waals surface area contributed by atoms with Crippen LogP contribution in [0.4, 0.5) is 9.18 Å². The molecule has 2 N–H and O–H groups in total. The third-order valence-electron chi connectivity index (χ3n) is 2.51. The number of benzene rings is 1. The summed E-state index contributed by atoms with van der Waals surface area (Å²) in [5.74, 6) is -0.312. The normalized spacial score (nSPS) is 11.1. The van der Waals surface area contributed by atoms with Gasteiger partial charge in [0.2, 0.25) is 0 Å². The lowest BCUT2D eigenvalue weighted by molar-refractivity contribution is 0.229. The number of hydrogen-bond donors (Lipinski definition) is 2. The van der Waals surface area contributed by atoms with Crippen LogP contribution in [0, 0.1) is 5.82 Å². The Kier molecular flexibility index (Phi) is 4.49. The molecule has 0 radical (unpaired) electrons. The van der Waals surface area contributed by atoms with Crippen LogP contribution in [0.2, 0.25) is 0 Å². The van der Waals surface area contributed by atoms with Crippen molar-refractivity contribution in [2.24, 2.45) is 0 Å². The van der Waals surface area contributed by atoms with Crippen molar-refractivity contribution in [2.45, 2.75) is 32.7 Å². The lowest BCUT2D eigenvalue weighted by Crippen LogP contribution is -2.47. The predicted molar refractivity (Wildman–Crippen MR) is 66.3 cm³/mol. The number of rotatable bonds is 4. The maximum atomic E-state index is 13.6. The van der Waals surface area contributed by atoms with E-state index in [1.807, 2.05) is 6.92 Å². The minimum Gasteiger partial charge on any atom is -0.338 e. The summed E-state index contributed by atoms with van der Waals surface area (Å²) in [7, 11) is 0. The molecular weight excluding hydrogens is 219 g/mol. The van der Waals surface area contributed by atoms with Gasteiger partial charge in [-0.25, -0.2) is 9.18 Å². The van der Waals surface area contributed by atoms with Crippen molar-refractivity contribution in [3.8, 4) is 0 Å².